The molecule has 7 nitrogen and oxygen atoms in total. The molecule has 2 unspecified atom stereocenters. The highest BCUT2D eigenvalue weighted by Gasteiger charge is 2.30. The van der Waals surface area contributed by atoms with E-state index in [1.165, 1.54) is 28.0 Å². The summed E-state index contributed by atoms with van der Waals surface area (Å²) in [6.45, 7) is 3.47. The predicted octanol–water partition coefficient (Wildman–Crippen LogP) is 4.76. The highest BCUT2D eigenvalue weighted by atomic mass is 32.2. The van der Waals surface area contributed by atoms with Gasteiger partial charge >= 0.3 is 0 Å². The first-order valence-electron chi connectivity index (χ1n) is 10.7. The Kier molecular flexibility index (Phi) is 5.75. The molecule has 2 atom stereocenters. The van der Waals surface area contributed by atoms with Gasteiger partial charge in [0.1, 0.15) is 10.6 Å². The van der Waals surface area contributed by atoms with Crippen molar-refractivity contribution in [2.75, 3.05) is 11.9 Å². The maximum atomic E-state index is 13.1. The van der Waals surface area contributed by atoms with Gasteiger partial charge in [-0.15, -0.1) is 11.3 Å². The summed E-state index contributed by atoms with van der Waals surface area (Å²) in [5.41, 5.74) is 2.60. The van der Waals surface area contributed by atoms with Crippen LogP contribution in [0.3, 0.4) is 0 Å². The maximum Gasteiger partial charge on any atom is 0.267 e. The number of benzene rings is 2. The van der Waals surface area contributed by atoms with Gasteiger partial charge in [-0.05, 0) is 37.6 Å². The summed E-state index contributed by atoms with van der Waals surface area (Å²) in [6, 6.07) is 14.8. The number of rotatable bonds is 5. The van der Waals surface area contributed by atoms with Crippen LogP contribution in [-0.4, -0.2) is 40.1 Å². The Bertz CT molecular complexity index is 1480. The molecule has 5 rings (SSSR count). The monoisotopic (exact) mass is 491 g/mol. The van der Waals surface area contributed by atoms with Crippen molar-refractivity contribution in [3.05, 3.63) is 69.8 Å². The van der Waals surface area contributed by atoms with Crippen molar-refractivity contribution in [1.29, 1.82) is 0 Å². The Labute approximate surface area is 203 Å². The fourth-order valence-electron chi connectivity index (χ4n) is 3.94. The zero-order chi connectivity index (χ0) is 24.0. The van der Waals surface area contributed by atoms with Crippen molar-refractivity contribution in [2.45, 2.75) is 30.4 Å². The fraction of sp³-hybridized carbons (Fsp3) is 0.200. The SMILES string of the molecule is CC1Oc2ccc(C(=O)C(C)Sc3nc4scc(-c5ccccc5)c4c(=O)[nH]3)cc2N(C)C1=O. The molecule has 0 fully saturated rings. The molecule has 0 saturated heterocycles. The van der Waals surface area contributed by atoms with Gasteiger partial charge in [0.05, 0.1) is 16.3 Å². The Morgan fingerprint density at radius 3 is 2.74 bits per heavy atom. The third-order valence-electron chi connectivity index (χ3n) is 5.75. The van der Waals surface area contributed by atoms with Gasteiger partial charge in [0.15, 0.2) is 17.0 Å². The van der Waals surface area contributed by atoms with Crippen LogP contribution in [0.5, 0.6) is 5.75 Å². The number of hydrogen-bond donors (Lipinski definition) is 1. The number of ketones is 1. The first-order valence-corrected chi connectivity index (χ1v) is 12.5. The van der Waals surface area contributed by atoms with Crippen LogP contribution >= 0.6 is 23.1 Å². The van der Waals surface area contributed by atoms with Crippen molar-refractivity contribution in [2.24, 2.45) is 0 Å². The van der Waals surface area contributed by atoms with Gasteiger partial charge in [-0.2, -0.15) is 0 Å². The molecule has 0 aliphatic carbocycles. The molecule has 0 radical (unpaired) electrons. The molecule has 1 aliphatic heterocycles. The number of aromatic amines is 1. The van der Waals surface area contributed by atoms with E-state index in [0.717, 1.165) is 11.1 Å². The zero-order valence-corrected chi connectivity index (χ0v) is 20.3. The molecule has 0 spiro atoms. The number of fused-ring (bicyclic) bond motifs is 2. The number of carbonyl (C=O) groups excluding carboxylic acids is 2. The topological polar surface area (TPSA) is 92.4 Å². The predicted molar refractivity (Wildman–Crippen MR) is 135 cm³/mol. The number of Topliss-reactive ketones (excluding diaryl/α,β-unsaturated/α-hetero) is 1. The smallest absolute Gasteiger partial charge is 0.267 e. The number of amides is 1. The van der Waals surface area contributed by atoms with Crippen molar-refractivity contribution in [3.8, 4) is 16.9 Å². The highest BCUT2D eigenvalue weighted by molar-refractivity contribution is 8.00. The minimum atomic E-state index is -0.564. The molecule has 0 saturated carbocycles. The summed E-state index contributed by atoms with van der Waals surface area (Å²) in [4.78, 5) is 47.8. The molecule has 172 valence electrons. The largest absolute Gasteiger partial charge is 0.479 e. The van der Waals surface area contributed by atoms with E-state index in [4.69, 9.17) is 4.74 Å². The van der Waals surface area contributed by atoms with Crippen molar-refractivity contribution < 1.29 is 14.3 Å². The third-order valence-corrected chi connectivity index (χ3v) is 7.61. The van der Waals surface area contributed by atoms with Crippen molar-refractivity contribution in [3.63, 3.8) is 0 Å². The molecule has 34 heavy (non-hydrogen) atoms. The summed E-state index contributed by atoms with van der Waals surface area (Å²) in [5, 5.41) is 2.37. The number of aromatic nitrogens is 2. The van der Waals surface area contributed by atoms with E-state index >= 15 is 0 Å². The highest BCUT2D eigenvalue weighted by Crippen LogP contribution is 2.36. The maximum absolute atomic E-state index is 13.1. The minimum absolute atomic E-state index is 0.133. The van der Waals surface area contributed by atoms with E-state index in [0.29, 0.717) is 32.4 Å². The third kappa shape index (κ3) is 3.91. The number of carbonyl (C=O) groups is 2. The van der Waals surface area contributed by atoms with Crippen LogP contribution in [-0.2, 0) is 4.79 Å². The van der Waals surface area contributed by atoms with E-state index in [-0.39, 0.29) is 17.2 Å². The minimum Gasteiger partial charge on any atom is -0.479 e. The fourth-order valence-corrected chi connectivity index (χ4v) is 5.81. The van der Waals surface area contributed by atoms with Gasteiger partial charge in [-0.3, -0.25) is 14.4 Å². The Morgan fingerprint density at radius 2 is 1.97 bits per heavy atom. The summed E-state index contributed by atoms with van der Waals surface area (Å²) in [6.07, 6.45) is -0.564. The Morgan fingerprint density at radius 1 is 1.21 bits per heavy atom. The van der Waals surface area contributed by atoms with E-state index in [1.807, 2.05) is 35.7 Å². The van der Waals surface area contributed by atoms with Crippen LogP contribution in [0.4, 0.5) is 5.69 Å². The molecule has 9 heteroatoms. The zero-order valence-electron chi connectivity index (χ0n) is 18.7. The van der Waals surface area contributed by atoms with Crippen LogP contribution in [0.15, 0.2) is 63.9 Å². The van der Waals surface area contributed by atoms with Gasteiger partial charge in [0, 0.05) is 23.6 Å². The number of nitrogens with zero attached hydrogens (tertiary/aromatic N) is 2. The van der Waals surface area contributed by atoms with Crippen molar-refractivity contribution >= 4 is 50.7 Å². The number of thioether (sulfide) groups is 1. The van der Waals surface area contributed by atoms with Gasteiger partial charge in [0.25, 0.3) is 11.5 Å². The number of anilines is 1. The molecule has 2 aromatic heterocycles. The van der Waals surface area contributed by atoms with Crippen LogP contribution in [0.2, 0.25) is 0 Å². The van der Waals surface area contributed by atoms with E-state index < -0.39 is 11.4 Å². The second kappa shape index (κ2) is 8.73. The van der Waals surface area contributed by atoms with Gasteiger partial charge in [-0.1, -0.05) is 42.1 Å². The van der Waals surface area contributed by atoms with Crippen LogP contribution in [0.25, 0.3) is 21.3 Å². The first kappa shape index (κ1) is 22.4. The number of H-pyrrole nitrogens is 1. The lowest BCUT2D eigenvalue weighted by Crippen LogP contribution is -2.42. The Balaban J connectivity index is 1.40. The lowest BCUT2D eigenvalue weighted by atomic mass is 10.1. The summed E-state index contributed by atoms with van der Waals surface area (Å²) in [7, 11) is 1.67. The lowest BCUT2D eigenvalue weighted by molar-refractivity contribution is -0.125. The average Bonchev–Trinajstić information content (AvgIpc) is 3.27. The number of hydrogen-bond acceptors (Lipinski definition) is 7. The van der Waals surface area contributed by atoms with E-state index in [9.17, 15) is 14.4 Å². The summed E-state index contributed by atoms with van der Waals surface area (Å²) >= 11 is 2.60. The molecule has 2 aromatic carbocycles. The summed E-state index contributed by atoms with van der Waals surface area (Å²) in [5.74, 6) is 0.265. The number of nitrogens with one attached hydrogen (secondary N) is 1. The molecular weight excluding hydrogens is 470 g/mol. The van der Waals surface area contributed by atoms with Gasteiger partial charge in [0.2, 0.25) is 0 Å². The molecule has 1 amide bonds. The molecule has 1 N–H and O–H groups in total. The second-order valence-corrected chi connectivity index (χ2v) is 10.2. The molecule has 3 heterocycles. The van der Waals surface area contributed by atoms with Crippen LogP contribution < -0.4 is 15.2 Å². The number of likely N-dealkylation sites (N-methyl/N-ethyl adjacent to an activating group) is 1. The number of ether oxygens (including phenoxy) is 1. The second-order valence-electron chi connectivity index (χ2n) is 8.03. The Hall–Kier alpha value is -3.43. The average molecular weight is 492 g/mol. The molecule has 4 aromatic rings. The molecular formula is C25H21N3O4S2. The van der Waals surface area contributed by atoms with Gasteiger partial charge < -0.3 is 14.6 Å². The normalized spacial score (nSPS) is 16.3. The lowest BCUT2D eigenvalue weighted by Gasteiger charge is -2.30. The van der Waals surface area contributed by atoms with Gasteiger partial charge in [-0.25, -0.2) is 4.98 Å². The van der Waals surface area contributed by atoms with Crippen LogP contribution in [0, 0.1) is 0 Å². The van der Waals surface area contributed by atoms with Crippen molar-refractivity contribution in [1.82, 2.24) is 9.97 Å². The first-order chi connectivity index (χ1) is 16.3. The quantitative estimate of drug-likeness (QED) is 0.246. The molecule has 0 bridgehead atoms. The summed E-state index contributed by atoms with van der Waals surface area (Å²) < 4.78 is 5.64. The number of thiophene rings is 1. The molecule has 1 aliphatic rings. The van der Waals surface area contributed by atoms with E-state index in [1.54, 1.807) is 39.1 Å². The van der Waals surface area contributed by atoms with Crippen LogP contribution in [0.1, 0.15) is 24.2 Å². The van der Waals surface area contributed by atoms with E-state index in [2.05, 4.69) is 9.97 Å². The standard InChI is InChI=1S/C25H21N3O4S2/c1-13-24(31)28(3)18-11-16(9-10-19(18)32-13)21(29)14(2)34-25-26-22(30)20-17(12-33-23(20)27-25)15-7-5-4-6-8-15/h4-14H,1-3H3,(H,26,27,30).